The summed E-state index contributed by atoms with van der Waals surface area (Å²) in [5.41, 5.74) is 0.675. The van der Waals surface area contributed by atoms with Crippen LogP contribution in [0.1, 0.15) is 41.4 Å². The number of hydrogen-bond donors (Lipinski definition) is 1. The molecule has 1 unspecified atom stereocenters. The minimum atomic E-state index is -4.62. The highest BCUT2D eigenvalue weighted by Gasteiger charge is 2.57. The first-order valence-corrected chi connectivity index (χ1v) is 10.8. The number of halogens is 5. The number of fused-ring (bicyclic) bond motifs is 1. The van der Waals surface area contributed by atoms with Gasteiger partial charge in [0.15, 0.2) is 0 Å². The van der Waals surface area contributed by atoms with Crippen LogP contribution in [0.25, 0.3) is 16.7 Å². The van der Waals surface area contributed by atoms with Crippen molar-refractivity contribution in [2.75, 3.05) is 0 Å². The number of aromatic nitrogens is 4. The first kappa shape index (κ1) is 21.0. The number of imidazole rings is 1. The maximum absolute atomic E-state index is 15.4. The van der Waals surface area contributed by atoms with Crippen molar-refractivity contribution in [3.63, 3.8) is 0 Å². The number of carbonyl (C=O) groups is 1. The van der Waals surface area contributed by atoms with Gasteiger partial charge in [0.2, 0.25) is 0 Å². The minimum Gasteiger partial charge on any atom is -0.345 e. The second-order valence-electron chi connectivity index (χ2n) is 8.94. The van der Waals surface area contributed by atoms with Crippen molar-refractivity contribution >= 4 is 16.8 Å². The zero-order valence-electron chi connectivity index (χ0n) is 17.5. The summed E-state index contributed by atoms with van der Waals surface area (Å²) >= 11 is 0. The second-order valence-corrected chi connectivity index (χ2v) is 8.94. The van der Waals surface area contributed by atoms with Crippen molar-refractivity contribution in [2.24, 2.45) is 11.8 Å². The van der Waals surface area contributed by atoms with Crippen LogP contribution >= 0.6 is 0 Å². The van der Waals surface area contributed by atoms with Gasteiger partial charge in [0.1, 0.15) is 17.4 Å². The van der Waals surface area contributed by atoms with E-state index in [-0.39, 0.29) is 23.0 Å². The lowest BCUT2D eigenvalue weighted by molar-refractivity contribution is -0.137. The smallest absolute Gasteiger partial charge is 0.345 e. The molecule has 0 saturated heterocycles. The first-order chi connectivity index (χ1) is 16.2. The lowest BCUT2D eigenvalue weighted by Crippen LogP contribution is -2.46. The van der Waals surface area contributed by atoms with Gasteiger partial charge >= 0.3 is 6.18 Å². The molecule has 0 radical (unpaired) electrons. The average molecular weight is 472 g/mol. The minimum absolute atomic E-state index is 0.0452. The van der Waals surface area contributed by atoms with Crippen LogP contribution < -0.4 is 0 Å². The van der Waals surface area contributed by atoms with E-state index in [1.807, 2.05) is 0 Å². The SMILES string of the molecule is O=C1C(c2ccc3nc[nH]c3c2)[C@@H](c2c(F)cc(-n3cc(C(F)(F)F)cn3)cc2F)[C@H]1C1CC1. The summed E-state index contributed by atoms with van der Waals surface area (Å²) in [7, 11) is 0. The van der Waals surface area contributed by atoms with E-state index in [1.54, 1.807) is 18.2 Å². The van der Waals surface area contributed by atoms with Crippen LogP contribution in [-0.4, -0.2) is 25.5 Å². The molecule has 1 N–H and O–H groups in total. The third-order valence-corrected chi connectivity index (χ3v) is 6.89. The van der Waals surface area contributed by atoms with Gasteiger partial charge in [-0.15, -0.1) is 0 Å². The number of ketones is 1. The number of rotatable bonds is 4. The molecule has 0 bridgehead atoms. The molecule has 2 fully saturated rings. The lowest BCUT2D eigenvalue weighted by atomic mass is 9.56. The summed E-state index contributed by atoms with van der Waals surface area (Å²) in [5, 5.41) is 3.60. The molecular weight excluding hydrogens is 455 g/mol. The number of nitrogens with zero attached hydrogens (tertiary/aromatic N) is 3. The molecule has 2 saturated carbocycles. The topological polar surface area (TPSA) is 63.6 Å². The molecular formula is C24H17F5N4O. The van der Waals surface area contributed by atoms with Crippen LogP contribution in [0.3, 0.4) is 0 Å². The van der Waals surface area contributed by atoms with Crippen LogP contribution in [0.2, 0.25) is 0 Å². The number of benzene rings is 2. The normalized spacial score (nSPS) is 22.9. The molecule has 2 aliphatic carbocycles. The summed E-state index contributed by atoms with van der Waals surface area (Å²) in [6, 6.07) is 7.20. The largest absolute Gasteiger partial charge is 0.419 e. The number of H-pyrrole nitrogens is 1. The van der Waals surface area contributed by atoms with E-state index in [1.165, 1.54) is 6.33 Å². The van der Waals surface area contributed by atoms with Crippen LogP contribution in [0.4, 0.5) is 22.0 Å². The summed E-state index contributed by atoms with van der Waals surface area (Å²) in [5.74, 6) is -3.67. The summed E-state index contributed by atoms with van der Waals surface area (Å²) < 4.78 is 70.2. The van der Waals surface area contributed by atoms with E-state index < -0.39 is 41.1 Å². The fraction of sp³-hybridized carbons (Fsp3) is 0.292. The predicted octanol–water partition coefficient (Wildman–Crippen LogP) is 5.52. The van der Waals surface area contributed by atoms with E-state index in [9.17, 15) is 18.0 Å². The Bertz CT molecular complexity index is 1410. The van der Waals surface area contributed by atoms with Gasteiger partial charge < -0.3 is 4.98 Å². The summed E-state index contributed by atoms with van der Waals surface area (Å²) in [6.07, 6.45) is -0.168. The Morgan fingerprint density at radius 2 is 1.76 bits per heavy atom. The monoisotopic (exact) mass is 472 g/mol. The highest BCUT2D eigenvalue weighted by molar-refractivity contribution is 5.98. The Morgan fingerprint density at radius 3 is 2.41 bits per heavy atom. The van der Waals surface area contributed by atoms with Crippen LogP contribution in [0, 0.1) is 23.5 Å². The molecule has 10 heteroatoms. The standard InChI is InChI=1S/C24H17F5N4O/c25-15-6-14(33-9-13(8-32-33)24(27,28)29)7-16(26)21(15)22-19(11-1-2-11)23(34)20(22)12-3-4-17-18(5-12)31-10-30-17/h3-11,19-20,22H,1-2H2,(H,30,31)/t19-,20?,22+/m1/s1. The maximum atomic E-state index is 15.4. The van der Waals surface area contributed by atoms with Crippen molar-refractivity contribution < 1.29 is 26.7 Å². The van der Waals surface area contributed by atoms with Crippen molar-refractivity contribution in [2.45, 2.75) is 30.9 Å². The van der Waals surface area contributed by atoms with Gasteiger partial charge in [0.25, 0.3) is 0 Å². The van der Waals surface area contributed by atoms with Gasteiger partial charge in [-0.1, -0.05) is 6.07 Å². The zero-order chi connectivity index (χ0) is 23.8. The van der Waals surface area contributed by atoms with Gasteiger partial charge in [-0.2, -0.15) is 18.3 Å². The van der Waals surface area contributed by atoms with E-state index in [2.05, 4.69) is 15.1 Å². The number of hydrogen-bond acceptors (Lipinski definition) is 3. The van der Waals surface area contributed by atoms with Crippen molar-refractivity contribution in [1.29, 1.82) is 0 Å². The molecule has 0 aliphatic heterocycles. The van der Waals surface area contributed by atoms with Gasteiger partial charge in [-0.05, 0) is 36.5 Å². The van der Waals surface area contributed by atoms with Gasteiger partial charge in [0.05, 0.1) is 40.7 Å². The van der Waals surface area contributed by atoms with E-state index in [0.717, 1.165) is 35.2 Å². The lowest BCUT2D eigenvalue weighted by Gasteiger charge is -2.44. The number of Topliss-reactive ketones (excluding diaryl/α,β-unsaturated/α-hetero) is 1. The fourth-order valence-corrected chi connectivity index (χ4v) is 5.13. The van der Waals surface area contributed by atoms with Crippen molar-refractivity contribution in [3.8, 4) is 5.69 Å². The Balaban J connectivity index is 1.41. The molecule has 5 nitrogen and oxygen atoms in total. The molecule has 0 spiro atoms. The van der Waals surface area contributed by atoms with Gasteiger partial charge in [0, 0.05) is 35.7 Å². The third kappa shape index (κ3) is 3.23. The number of carbonyl (C=O) groups excluding carboxylic acids is 1. The summed E-state index contributed by atoms with van der Waals surface area (Å²) in [6.45, 7) is 0. The average Bonchev–Trinajstić information content (AvgIpc) is 3.26. The molecule has 2 aromatic carbocycles. The second kappa shape index (κ2) is 7.22. The highest BCUT2D eigenvalue weighted by Crippen LogP contribution is 2.59. The highest BCUT2D eigenvalue weighted by atomic mass is 19.4. The van der Waals surface area contributed by atoms with Crippen LogP contribution in [0.5, 0.6) is 0 Å². The molecule has 2 aliphatic rings. The zero-order valence-corrected chi connectivity index (χ0v) is 17.5. The van der Waals surface area contributed by atoms with Crippen LogP contribution in [-0.2, 0) is 11.0 Å². The quantitative estimate of drug-likeness (QED) is 0.398. The third-order valence-electron chi connectivity index (χ3n) is 6.89. The van der Waals surface area contributed by atoms with Crippen molar-refractivity contribution in [3.05, 3.63) is 77.4 Å². The number of aromatic amines is 1. The fourth-order valence-electron chi connectivity index (χ4n) is 5.13. The number of alkyl halides is 3. The van der Waals surface area contributed by atoms with E-state index in [0.29, 0.717) is 23.5 Å². The van der Waals surface area contributed by atoms with E-state index in [4.69, 9.17) is 0 Å². The van der Waals surface area contributed by atoms with Gasteiger partial charge in [-0.25, -0.2) is 18.4 Å². The molecule has 3 atom stereocenters. The Labute approximate surface area is 189 Å². The van der Waals surface area contributed by atoms with Crippen LogP contribution in [0.15, 0.2) is 49.1 Å². The molecule has 4 aromatic rings. The molecule has 2 heterocycles. The maximum Gasteiger partial charge on any atom is 0.419 e. The van der Waals surface area contributed by atoms with E-state index >= 15 is 8.78 Å². The molecule has 0 amide bonds. The Morgan fingerprint density at radius 1 is 1.03 bits per heavy atom. The molecule has 6 rings (SSSR count). The van der Waals surface area contributed by atoms with Gasteiger partial charge in [-0.3, -0.25) is 4.79 Å². The Kier molecular flexibility index (Phi) is 4.46. The van der Waals surface area contributed by atoms with Crippen molar-refractivity contribution in [1.82, 2.24) is 19.7 Å². The first-order valence-electron chi connectivity index (χ1n) is 10.8. The predicted molar refractivity (Wildman–Crippen MR) is 111 cm³/mol. The molecule has 174 valence electrons. The molecule has 2 aromatic heterocycles. The summed E-state index contributed by atoms with van der Waals surface area (Å²) in [4.78, 5) is 20.3. The Hall–Kier alpha value is -3.56. The number of nitrogens with one attached hydrogen (secondary N) is 1. The molecule has 34 heavy (non-hydrogen) atoms.